The van der Waals surface area contributed by atoms with Crippen LogP contribution in [0.15, 0.2) is 28.7 Å². The quantitative estimate of drug-likeness (QED) is 0.662. The van der Waals surface area contributed by atoms with E-state index in [0.29, 0.717) is 23.0 Å². The summed E-state index contributed by atoms with van der Waals surface area (Å²) >= 11 is 3.66. The van der Waals surface area contributed by atoms with Crippen LogP contribution in [-0.2, 0) is 0 Å². The zero-order chi connectivity index (χ0) is 16.6. The molecule has 0 spiro atoms. The van der Waals surface area contributed by atoms with Crippen molar-refractivity contribution in [1.29, 1.82) is 0 Å². The van der Waals surface area contributed by atoms with E-state index < -0.39 is 0 Å². The third-order valence-electron chi connectivity index (χ3n) is 4.35. The lowest BCUT2D eigenvalue weighted by molar-refractivity contribution is 0.411. The topological polar surface area (TPSA) is 91.3 Å². The lowest BCUT2D eigenvalue weighted by Gasteiger charge is -2.09. The fraction of sp³-hybridized carbons (Fsp3) is 0.294. The van der Waals surface area contributed by atoms with Crippen LogP contribution in [0.2, 0.25) is 0 Å². The number of halogens is 1. The molecule has 2 heterocycles. The average Bonchev–Trinajstić information content (AvgIpc) is 3.06. The van der Waals surface area contributed by atoms with Crippen molar-refractivity contribution in [2.24, 2.45) is 5.73 Å². The molecule has 1 fully saturated rings. The molecule has 2 aromatic rings. The van der Waals surface area contributed by atoms with Crippen LogP contribution in [-0.4, -0.2) is 35.1 Å². The fourth-order valence-corrected chi connectivity index (χ4v) is 3.83. The molecule has 6 N–H and O–H groups in total. The smallest absolute Gasteiger partial charge is 0.124 e. The summed E-state index contributed by atoms with van der Waals surface area (Å²) in [6.45, 7) is 2.10. The second-order valence-corrected chi connectivity index (χ2v) is 6.84. The summed E-state index contributed by atoms with van der Waals surface area (Å²) < 4.78 is 0.952. The molecule has 1 saturated heterocycles. The van der Waals surface area contributed by atoms with Gasteiger partial charge in [0, 0.05) is 39.5 Å². The van der Waals surface area contributed by atoms with Gasteiger partial charge in [-0.1, -0.05) is 12.1 Å². The van der Waals surface area contributed by atoms with E-state index in [0.717, 1.165) is 35.2 Å². The van der Waals surface area contributed by atoms with Crippen molar-refractivity contribution >= 4 is 33.5 Å². The number of anilines is 1. The highest BCUT2D eigenvalue weighted by Gasteiger charge is 2.26. The second-order valence-electron chi connectivity index (χ2n) is 6.04. The Kier molecular flexibility index (Phi) is 4.37. The van der Waals surface area contributed by atoms with Crippen LogP contribution in [0.5, 0.6) is 5.75 Å². The molecule has 1 aliphatic rings. The number of aromatic hydroxyl groups is 1. The molecule has 6 heteroatoms. The third kappa shape index (κ3) is 3.09. The molecule has 1 aliphatic heterocycles. The number of H-pyrrole nitrogens is 1. The van der Waals surface area contributed by atoms with Gasteiger partial charge in [-0.15, -0.1) is 0 Å². The molecule has 122 valence electrons. The molecule has 0 aliphatic carbocycles. The SMILES string of the molecule is CN1CCC(c2[nH]c(N)c(/C=C(\N)c3ccccc3O)c2Br)C1. The Hall–Kier alpha value is -1.92. The van der Waals surface area contributed by atoms with Crippen molar-refractivity contribution in [3.05, 3.63) is 45.6 Å². The summed E-state index contributed by atoms with van der Waals surface area (Å²) in [6, 6.07) is 7.00. The fourth-order valence-electron chi connectivity index (χ4n) is 3.07. The molecule has 1 atom stereocenters. The minimum atomic E-state index is 0.157. The first-order valence-electron chi connectivity index (χ1n) is 7.58. The Labute approximate surface area is 144 Å². The number of aromatic amines is 1. The van der Waals surface area contributed by atoms with Gasteiger partial charge in [-0.25, -0.2) is 0 Å². The van der Waals surface area contributed by atoms with E-state index in [9.17, 15) is 5.11 Å². The molecule has 1 aromatic heterocycles. The highest BCUT2D eigenvalue weighted by Crippen LogP contribution is 2.37. The number of phenolic OH excluding ortho intramolecular Hbond substituents is 1. The van der Waals surface area contributed by atoms with Crippen LogP contribution < -0.4 is 11.5 Å². The van der Waals surface area contributed by atoms with Crippen LogP contribution in [0, 0.1) is 0 Å². The van der Waals surface area contributed by atoms with Crippen molar-refractivity contribution in [1.82, 2.24) is 9.88 Å². The number of nitrogen functional groups attached to an aromatic ring is 1. The maximum atomic E-state index is 9.93. The van der Waals surface area contributed by atoms with Crippen molar-refractivity contribution < 1.29 is 5.11 Å². The zero-order valence-electron chi connectivity index (χ0n) is 13.0. The van der Waals surface area contributed by atoms with Gasteiger partial charge < -0.3 is 26.5 Å². The Balaban J connectivity index is 1.96. The average molecular weight is 377 g/mol. The Morgan fingerprint density at radius 2 is 2.17 bits per heavy atom. The summed E-state index contributed by atoms with van der Waals surface area (Å²) in [4.78, 5) is 5.59. The summed E-state index contributed by atoms with van der Waals surface area (Å²) in [5, 5.41) is 9.93. The first kappa shape index (κ1) is 16.0. The predicted octanol–water partition coefficient (Wildman–Crippen LogP) is 2.94. The Bertz CT molecular complexity index is 753. The van der Waals surface area contributed by atoms with Crippen LogP contribution in [0.4, 0.5) is 5.82 Å². The number of likely N-dealkylation sites (N-methyl/N-ethyl adjacent to an activating group) is 1. The summed E-state index contributed by atoms with van der Waals surface area (Å²) in [5.41, 5.74) is 15.3. The molecular formula is C17H21BrN4O. The van der Waals surface area contributed by atoms with E-state index >= 15 is 0 Å². The van der Waals surface area contributed by atoms with Gasteiger partial charge in [0.05, 0.1) is 0 Å². The summed E-state index contributed by atoms with van der Waals surface area (Å²) in [6.07, 6.45) is 2.90. The van der Waals surface area contributed by atoms with Crippen molar-refractivity contribution in [2.45, 2.75) is 12.3 Å². The van der Waals surface area contributed by atoms with Gasteiger partial charge in [-0.05, 0) is 54.2 Å². The van der Waals surface area contributed by atoms with E-state index in [4.69, 9.17) is 11.5 Å². The van der Waals surface area contributed by atoms with Crippen LogP contribution in [0.1, 0.15) is 29.2 Å². The molecule has 3 rings (SSSR count). The third-order valence-corrected chi connectivity index (χ3v) is 5.20. The number of hydrogen-bond acceptors (Lipinski definition) is 4. The largest absolute Gasteiger partial charge is 0.507 e. The van der Waals surface area contributed by atoms with Gasteiger partial charge in [0.15, 0.2) is 0 Å². The minimum absolute atomic E-state index is 0.157. The Morgan fingerprint density at radius 1 is 1.43 bits per heavy atom. The maximum Gasteiger partial charge on any atom is 0.124 e. The predicted molar refractivity (Wildman–Crippen MR) is 97.9 cm³/mol. The van der Waals surface area contributed by atoms with Gasteiger partial charge in [0.1, 0.15) is 11.6 Å². The highest BCUT2D eigenvalue weighted by molar-refractivity contribution is 9.10. The molecule has 0 amide bonds. The van der Waals surface area contributed by atoms with Gasteiger partial charge in [0.2, 0.25) is 0 Å². The van der Waals surface area contributed by atoms with Gasteiger partial charge in [-0.2, -0.15) is 0 Å². The number of nitrogens with zero attached hydrogens (tertiary/aromatic N) is 1. The number of para-hydroxylation sites is 1. The molecular weight excluding hydrogens is 356 g/mol. The maximum absolute atomic E-state index is 9.93. The van der Waals surface area contributed by atoms with Crippen LogP contribution in [0.3, 0.4) is 0 Å². The number of benzene rings is 1. The number of nitrogens with one attached hydrogen (secondary N) is 1. The van der Waals surface area contributed by atoms with E-state index in [-0.39, 0.29) is 5.75 Å². The first-order valence-corrected chi connectivity index (χ1v) is 8.37. The lowest BCUT2D eigenvalue weighted by Crippen LogP contribution is -2.13. The van der Waals surface area contributed by atoms with Gasteiger partial charge >= 0.3 is 0 Å². The minimum Gasteiger partial charge on any atom is -0.507 e. The molecule has 1 unspecified atom stereocenters. The number of phenols is 1. The van der Waals surface area contributed by atoms with E-state index in [1.807, 2.05) is 6.07 Å². The number of likely N-dealkylation sites (tertiary alicyclic amines) is 1. The molecule has 1 aromatic carbocycles. The van der Waals surface area contributed by atoms with E-state index in [2.05, 4.69) is 32.9 Å². The number of aromatic nitrogens is 1. The summed E-state index contributed by atoms with van der Waals surface area (Å²) in [7, 11) is 2.12. The van der Waals surface area contributed by atoms with Gasteiger partial charge in [0.25, 0.3) is 0 Å². The monoisotopic (exact) mass is 376 g/mol. The lowest BCUT2D eigenvalue weighted by atomic mass is 10.0. The normalized spacial score (nSPS) is 19.4. The Morgan fingerprint density at radius 3 is 2.83 bits per heavy atom. The van der Waals surface area contributed by atoms with E-state index in [1.165, 1.54) is 0 Å². The molecule has 0 radical (unpaired) electrons. The summed E-state index contributed by atoms with van der Waals surface area (Å²) in [5.74, 6) is 1.18. The second kappa shape index (κ2) is 6.29. The molecule has 0 bridgehead atoms. The van der Waals surface area contributed by atoms with Crippen LogP contribution in [0.25, 0.3) is 11.8 Å². The zero-order valence-corrected chi connectivity index (χ0v) is 14.6. The van der Waals surface area contributed by atoms with Crippen molar-refractivity contribution in [3.8, 4) is 5.75 Å². The van der Waals surface area contributed by atoms with E-state index in [1.54, 1.807) is 24.3 Å². The molecule has 5 nitrogen and oxygen atoms in total. The van der Waals surface area contributed by atoms with Gasteiger partial charge in [-0.3, -0.25) is 0 Å². The van der Waals surface area contributed by atoms with Crippen molar-refractivity contribution in [2.75, 3.05) is 25.9 Å². The number of nitrogens with two attached hydrogens (primary N) is 2. The molecule has 23 heavy (non-hydrogen) atoms. The first-order chi connectivity index (χ1) is 11.0. The molecule has 0 saturated carbocycles. The number of rotatable bonds is 3. The standard InChI is InChI=1S/C17H21BrN4O/c1-22-7-6-10(9-22)16-15(18)12(17(20)21-16)8-13(19)11-4-2-3-5-14(11)23/h2-5,8,10,21,23H,6-7,9,19-20H2,1H3/b13-8-. The highest BCUT2D eigenvalue weighted by atomic mass is 79.9. The number of hydrogen-bond donors (Lipinski definition) is 4. The van der Waals surface area contributed by atoms with Crippen molar-refractivity contribution in [3.63, 3.8) is 0 Å². The van der Waals surface area contributed by atoms with Crippen LogP contribution >= 0.6 is 15.9 Å².